The highest BCUT2D eigenvalue weighted by molar-refractivity contribution is 6.00. The standard InChI is InChI=1S/C21H20FN5O/c1-3-27-7-6-14-16(9-23)20(26)21(11-24,12-25)19(17(14)10-27)15-8-13(28-2)4-5-18(15)22/h4-6,8,16-17,19,26H,3,7,10H2,1-2H3/t16?,17-,19+/m0/s1. The number of hydrogen-bond acceptors (Lipinski definition) is 6. The van der Waals surface area contributed by atoms with Gasteiger partial charge in [0.15, 0.2) is 5.41 Å². The molecule has 1 aromatic rings. The number of fused-ring (bicyclic) bond motifs is 1. The van der Waals surface area contributed by atoms with Crippen LogP contribution in [0.1, 0.15) is 18.4 Å². The first kappa shape index (κ1) is 19.5. The van der Waals surface area contributed by atoms with Gasteiger partial charge >= 0.3 is 0 Å². The molecule has 1 heterocycles. The second-order valence-electron chi connectivity index (χ2n) is 7.04. The van der Waals surface area contributed by atoms with Gasteiger partial charge in [-0.05, 0) is 35.9 Å². The Labute approximate surface area is 163 Å². The predicted molar refractivity (Wildman–Crippen MR) is 99.9 cm³/mol. The molecule has 3 atom stereocenters. The summed E-state index contributed by atoms with van der Waals surface area (Å²) in [5.41, 5.74) is -1.34. The second-order valence-corrected chi connectivity index (χ2v) is 7.04. The zero-order chi connectivity index (χ0) is 20.5. The minimum absolute atomic E-state index is 0.164. The van der Waals surface area contributed by atoms with E-state index in [0.29, 0.717) is 24.4 Å². The Balaban J connectivity index is 2.30. The average molecular weight is 377 g/mol. The van der Waals surface area contributed by atoms with Crippen LogP contribution in [0, 0.1) is 62.5 Å². The summed E-state index contributed by atoms with van der Waals surface area (Å²) in [6.45, 7) is 3.84. The Hall–Kier alpha value is -3.21. The molecule has 0 saturated heterocycles. The normalized spacial score (nSPS) is 26.2. The summed E-state index contributed by atoms with van der Waals surface area (Å²) in [6.07, 6.45) is 1.89. The number of benzene rings is 1. The lowest BCUT2D eigenvalue weighted by Gasteiger charge is -2.47. The molecule has 1 fully saturated rings. The fourth-order valence-corrected chi connectivity index (χ4v) is 4.36. The van der Waals surface area contributed by atoms with Crippen LogP contribution in [0.3, 0.4) is 0 Å². The molecule has 1 N–H and O–H groups in total. The van der Waals surface area contributed by atoms with Crippen molar-refractivity contribution in [2.24, 2.45) is 17.3 Å². The third-order valence-electron chi connectivity index (χ3n) is 5.85. The maximum atomic E-state index is 14.9. The second kappa shape index (κ2) is 7.43. The molecular weight excluding hydrogens is 357 g/mol. The van der Waals surface area contributed by atoms with E-state index in [1.54, 1.807) is 0 Å². The first-order valence-electron chi connectivity index (χ1n) is 9.04. The van der Waals surface area contributed by atoms with Gasteiger partial charge in [0.05, 0.1) is 31.0 Å². The molecule has 1 unspecified atom stereocenters. The van der Waals surface area contributed by atoms with Crippen molar-refractivity contribution in [3.63, 3.8) is 0 Å². The minimum atomic E-state index is -1.92. The van der Waals surface area contributed by atoms with Crippen molar-refractivity contribution in [1.29, 1.82) is 21.2 Å². The van der Waals surface area contributed by atoms with Crippen LogP contribution in [-0.4, -0.2) is 37.4 Å². The van der Waals surface area contributed by atoms with Crippen molar-refractivity contribution in [2.75, 3.05) is 26.7 Å². The van der Waals surface area contributed by atoms with Gasteiger partial charge in [0.1, 0.15) is 17.5 Å². The molecule has 142 valence electrons. The van der Waals surface area contributed by atoms with Gasteiger partial charge in [0.25, 0.3) is 0 Å². The van der Waals surface area contributed by atoms with Crippen LogP contribution >= 0.6 is 0 Å². The van der Waals surface area contributed by atoms with E-state index in [-0.39, 0.29) is 11.3 Å². The third-order valence-corrected chi connectivity index (χ3v) is 5.85. The summed E-state index contributed by atoms with van der Waals surface area (Å²) in [7, 11) is 1.46. The smallest absolute Gasteiger partial charge is 0.189 e. The zero-order valence-electron chi connectivity index (χ0n) is 15.7. The van der Waals surface area contributed by atoms with Crippen molar-refractivity contribution in [2.45, 2.75) is 12.8 Å². The van der Waals surface area contributed by atoms with E-state index in [1.807, 2.05) is 25.1 Å². The molecule has 7 heteroatoms. The number of likely N-dealkylation sites (N-methyl/N-ethyl adjacent to an activating group) is 1. The predicted octanol–water partition coefficient (Wildman–Crippen LogP) is 3.00. The lowest BCUT2D eigenvalue weighted by atomic mass is 9.54. The highest BCUT2D eigenvalue weighted by Crippen LogP contribution is 2.54. The number of nitrogens with zero attached hydrogens (tertiary/aromatic N) is 4. The average Bonchev–Trinajstić information content (AvgIpc) is 2.73. The molecular formula is C21H20FN5O. The van der Waals surface area contributed by atoms with Crippen LogP contribution < -0.4 is 4.74 Å². The van der Waals surface area contributed by atoms with Crippen molar-refractivity contribution < 1.29 is 9.13 Å². The maximum absolute atomic E-state index is 14.9. The van der Waals surface area contributed by atoms with Crippen LogP contribution in [0.25, 0.3) is 0 Å². The number of nitriles is 3. The minimum Gasteiger partial charge on any atom is -0.497 e. The van der Waals surface area contributed by atoms with Gasteiger partial charge in [-0.2, -0.15) is 15.8 Å². The SMILES string of the molecule is CCN1CC=C2C(C#N)C(=N)C(C#N)(C#N)[C@H](c3cc(OC)ccc3F)[C@H]2C1. The van der Waals surface area contributed by atoms with Crippen molar-refractivity contribution in [3.8, 4) is 24.0 Å². The van der Waals surface area contributed by atoms with Gasteiger partial charge < -0.3 is 10.1 Å². The summed E-state index contributed by atoms with van der Waals surface area (Å²) in [5.74, 6) is -2.43. The number of ether oxygens (including phenoxy) is 1. The Morgan fingerprint density at radius 3 is 2.61 bits per heavy atom. The summed E-state index contributed by atoms with van der Waals surface area (Å²) in [6, 6.07) is 10.2. The van der Waals surface area contributed by atoms with Gasteiger partial charge in [-0.15, -0.1) is 0 Å². The first-order valence-corrected chi connectivity index (χ1v) is 9.04. The Kier molecular flexibility index (Phi) is 5.18. The molecule has 1 saturated carbocycles. The van der Waals surface area contributed by atoms with Gasteiger partial charge in [0, 0.05) is 24.9 Å². The maximum Gasteiger partial charge on any atom is 0.189 e. The van der Waals surface area contributed by atoms with Crippen LogP contribution in [-0.2, 0) is 0 Å². The highest BCUT2D eigenvalue weighted by atomic mass is 19.1. The van der Waals surface area contributed by atoms with Gasteiger partial charge in [-0.25, -0.2) is 4.39 Å². The fourth-order valence-electron chi connectivity index (χ4n) is 4.36. The van der Waals surface area contributed by atoms with Crippen LogP contribution in [0.15, 0.2) is 29.8 Å². The van der Waals surface area contributed by atoms with E-state index < -0.39 is 29.0 Å². The van der Waals surface area contributed by atoms with Gasteiger partial charge in [-0.3, -0.25) is 4.90 Å². The molecule has 0 aromatic heterocycles. The van der Waals surface area contributed by atoms with Gasteiger partial charge in [-0.1, -0.05) is 13.0 Å². The van der Waals surface area contributed by atoms with E-state index in [4.69, 9.17) is 10.1 Å². The Morgan fingerprint density at radius 2 is 2.04 bits per heavy atom. The molecule has 0 spiro atoms. The van der Waals surface area contributed by atoms with E-state index >= 15 is 0 Å². The van der Waals surface area contributed by atoms with Crippen LogP contribution in [0.2, 0.25) is 0 Å². The quantitative estimate of drug-likeness (QED) is 0.815. The summed E-state index contributed by atoms with van der Waals surface area (Å²) in [5, 5.41) is 38.2. The summed E-state index contributed by atoms with van der Waals surface area (Å²) >= 11 is 0. The fraction of sp³-hybridized carbons (Fsp3) is 0.429. The third kappa shape index (κ3) is 2.74. The van der Waals surface area contributed by atoms with Crippen molar-refractivity contribution in [1.82, 2.24) is 4.90 Å². The van der Waals surface area contributed by atoms with E-state index in [9.17, 15) is 20.2 Å². The lowest BCUT2D eigenvalue weighted by Crippen LogP contribution is -2.53. The number of nitrogens with one attached hydrogen (secondary N) is 1. The molecule has 0 bridgehead atoms. The number of methoxy groups -OCH3 is 1. The van der Waals surface area contributed by atoms with Gasteiger partial charge in [0.2, 0.25) is 0 Å². The molecule has 1 aromatic carbocycles. The molecule has 1 aliphatic carbocycles. The number of rotatable bonds is 3. The van der Waals surface area contributed by atoms with Crippen LogP contribution in [0.4, 0.5) is 4.39 Å². The van der Waals surface area contributed by atoms with Crippen LogP contribution in [0.5, 0.6) is 5.75 Å². The van der Waals surface area contributed by atoms with Crippen molar-refractivity contribution >= 4 is 5.71 Å². The molecule has 3 rings (SSSR count). The van der Waals surface area contributed by atoms with Crippen molar-refractivity contribution in [3.05, 3.63) is 41.2 Å². The van der Waals surface area contributed by atoms with E-state index in [1.165, 1.54) is 25.3 Å². The Bertz CT molecular complexity index is 950. The monoisotopic (exact) mass is 377 g/mol. The largest absolute Gasteiger partial charge is 0.497 e. The van der Waals surface area contributed by atoms with E-state index in [0.717, 1.165) is 6.54 Å². The molecule has 6 nitrogen and oxygen atoms in total. The number of halogens is 1. The molecule has 28 heavy (non-hydrogen) atoms. The molecule has 2 aliphatic rings. The summed E-state index contributed by atoms with van der Waals surface area (Å²) in [4.78, 5) is 2.11. The summed E-state index contributed by atoms with van der Waals surface area (Å²) < 4.78 is 20.1. The topological polar surface area (TPSA) is 108 Å². The first-order chi connectivity index (χ1) is 13.5. The molecule has 0 radical (unpaired) electrons. The molecule has 0 amide bonds. The zero-order valence-corrected chi connectivity index (χ0v) is 15.7. The Morgan fingerprint density at radius 1 is 1.32 bits per heavy atom. The lowest BCUT2D eigenvalue weighted by molar-refractivity contribution is 0.209. The van der Waals surface area contributed by atoms with E-state index in [2.05, 4.69) is 11.0 Å². The number of hydrogen-bond donors (Lipinski definition) is 1. The molecule has 1 aliphatic heterocycles. The highest BCUT2D eigenvalue weighted by Gasteiger charge is 2.58.